The third kappa shape index (κ3) is 5.39. The summed E-state index contributed by atoms with van der Waals surface area (Å²) >= 11 is 0. The summed E-state index contributed by atoms with van der Waals surface area (Å²) in [5, 5.41) is 7.03. The average Bonchev–Trinajstić information content (AvgIpc) is 3.32. The van der Waals surface area contributed by atoms with E-state index in [1.54, 1.807) is 6.20 Å². The van der Waals surface area contributed by atoms with E-state index in [9.17, 15) is 4.79 Å². The first-order valence-electron chi connectivity index (χ1n) is 10.8. The number of hydrogen-bond donors (Lipinski definition) is 1. The second-order valence-electron chi connectivity index (χ2n) is 7.57. The van der Waals surface area contributed by atoms with Gasteiger partial charge in [-0.05, 0) is 30.5 Å². The smallest absolute Gasteiger partial charge is 0.317 e. The van der Waals surface area contributed by atoms with Crippen molar-refractivity contribution in [2.24, 2.45) is 0 Å². The average molecular weight is 421 g/mol. The van der Waals surface area contributed by atoms with Gasteiger partial charge in [-0.15, -0.1) is 0 Å². The molecule has 0 unspecified atom stereocenters. The molecule has 0 bridgehead atoms. The van der Waals surface area contributed by atoms with Gasteiger partial charge in [0.15, 0.2) is 0 Å². The molecule has 3 aromatic rings. The van der Waals surface area contributed by atoms with E-state index in [1.165, 1.54) is 5.56 Å². The molecule has 0 spiro atoms. The van der Waals surface area contributed by atoms with Gasteiger partial charge in [-0.25, -0.2) is 9.78 Å². The lowest BCUT2D eigenvalue weighted by molar-refractivity contribution is 0.194. The van der Waals surface area contributed by atoms with E-state index in [0.29, 0.717) is 37.8 Å². The number of anilines is 1. The van der Waals surface area contributed by atoms with Crippen LogP contribution in [-0.4, -0.2) is 58.8 Å². The van der Waals surface area contributed by atoms with Crippen molar-refractivity contribution in [2.75, 3.05) is 37.6 Å². The van der Waals surface area contributed by atoms with Gasteiger partial charge in [0.1, 0.15) is 5.82 Å². The van der Waals surface area contributed by atoms with E-state index in [0.717, 1.165) is 37.3 Å². The van der Waals surface area contributed by atoms with Crippen molar-refractivity contribution in [3.63, 3.8) is 0 Å². The molecule has 1 fully saturated rings. The van der Waals surface area contributed by atoms with E-state index >= 15 is 0 Å². The van der Waals surface area contributed by atoms with E-state index in [4.69, 9.17) is 4.52 Å². The monoisotopic (exact) mass is 420 g/mol. The van der Waals surface area contributed by atoms with Gasteiger partial charge < -0.3 is 19.6 Å². The zero-order chi connectivity index (χ0) is 21.5. The maximum absolute atomic E-state index is 12.4. The van der Waals surface area contributed by atoms with Crippen LogP contribution in [0.2, 0.25) is 0 Å². The zero-order valence-corrected chi connectivity index (χ0v) is 17.8. The normalized spacial score (nSPS) is 14.0. The van der Waals surface area contributed by atoms with Crippen LogP contribution in [0.1, 0.15) is 24.8 Å². The van der Waals surface area contributed by atoms with Crippen LogP contribution < -0.4 is 10.2 Å². The molecule has 2 aromatic heterocycles. The highest BCUT2D eigenvalue weighted by atomic mass is 16.5. The molecule has 1 aliphatic heterocycles. The summed E-state index contributed by atoms with van der Waals surface area (Å²) < 4.78 is 5.16. The van der Waals surface area contributed by atoms with Gasteiger partial charge in [0.2, 0.25) is 11.7 Å². The van der Waals surface area contributed by atoms with Crippen LogP contribution in [0.15, 0.2) is 53.2 Å². The Labute approximate surface area is 182 Å². The molecule has 1 aromatic carbocycles. The van der Waals surface area contributed by atoms with E-state index in [2.05, 4.69) is 37.5 Å². The fourth-order valence-electron chi connectivity index (χ4n) is 3.60. The Balaban J connectivity index is 1.21. The molecule has 0 saturated carbocycles. The molecule has 1 saturated heterocycles. The van der Waals surface area contributed by atoms with Gasteiger partial charge in [-0.3, -0.25) is 0 Å². The van der Waals surface area contributed by atoms with Gasteiger partial charge in [-0.1, -0.05) is 42.4 Å². The zero-order valence-electron chi connectivity index (χ0n) is 17.8. The number of aromatic nitrogens is 3. The van der Waals surface area contributed by atoms with Crippen molar-refractivity contribution in [1.82, 2.24) is 25.3 Å². The summed E-state index contributed by atoms with van der Waals surface area (Å²) in [6.45, 7) is 5.53. The summed E-state index contributed by atoms with van der Waals surface area (Å²) in [5.74, 6) is 2.07. The first-order chi connectivity index (χ1) is 15.2. The summed E-state index contributed by atoms with van der Waals surface area (Å²) in [7, 11) is 0. The van der Waals surface area contributed by atoms with Crippen molar-refractivity contribution in [2.45, 2.75) is 26.2 Å². The van der Waals surface area contributed by atoms with Crippen LogP contribution in [0, 0.1) is 0 Å². The number of rotatable bonds is 7. The third-order valence-electron chi connectivity index (χ3n) is 5.43. The highest BCUT2D eigenvalue weighted by molar-refractivity contribution is 5.74. The molecule has 8 nitrogen and oxygen atoms in total. The minimum absolute atomic E-state index is 0.0138. The maximum Gasteiger partial charge on any atom is 0.317 e. The molecule has 4 rings (SSSR count). The summed E-state index contributed by atoms with van der Waals surface area (Å²) in [5.41, 5.74) is 2.13. The Kier molecular flexibility index (Phi) is 6.76. The number of carbonyl (C=O) groups is 1. The number of hydrogen-bond acceptors (Lipinski definition) is 6. The first-order valence-corrected chi connectivity index (χ1v) is 10.8. The Morgan fingerprint density at radius 1 is 1.10 bits per heavy atom. The van der Waals surface area contributed by atoms with E-state index < -0.39 is 0 Å². The molecular formula is C23H28N6O2. The molecule has 8 heteroatoms. The number of amides is 2. The van der Waals surface area contributed by atoms with Gasteiger partial charge in [0.05, 0.1) is 0 Å². The Bertz CT molecular complexity index is 965. The van der Waals surface area contributed by atoms with Crippen LogP contribution in [0.25, 0.3) is 11.4 Å². The largest absolute Gasteiger partial charge is 0.353 e. The lowest BCUT2D eigenvalue weighted by atomic mass is 10.1. The Morgan fingerprint density at radius 2 is 1.90 bits per heavy atom. The van der Waals surface area contributed by atoms with Crippen LogP contribution in [0.5, 0.6) is 0 Å². The molecule has 0 atom stereocenters. The predicted molar refractivity (Wildman–Crippen MR) is 119 cm³/mol. The van der Waals surface area contributed by atoms with Gasteiger partial charge in [-0.2, -0.15) is 4.98 Å². The second kappa shape index (κ2) is 10.1. The molecule has 1 aliphatic rings. The lowest BCUT2D eigenvalue weighted by Gasteiger charge is -2.35. The van der Waals surface area contributed by atoms with Crippen molar-refractivity contribution >= 4 is 11.8 Å². The number of nitrogens with one attached hydrogen (secondary N) is 1. The minimum Gasteiger partial charge on any atom is -0.353 e. The SMILES string of the molecule is CCc1nc(-c2ccc(N3CCN(C(=O)NCCCc4ccccc4)CC3)nc2)no1. The molecule has 1 N–H and O–H groups in total. The number of pyridine rings is 1. The van der Waals surface area contributed by atoms with Crippen molar-refractivity contribution in [3.8, 4) is 11.4 Å². The van der Waals surface area contributed by atoms with Crippen LogP contribution in [-0.2, 0) is 12.8 Å². The van der Waals surface area contributed by atoms with Crippen LogP contribution in [0.4, 0.5) is 10.6 Å². The molecule has 162 valence electrons. The van der Waals surface area contributed by atoms with Gasteiger partial charge in [0.25, 0.3) is 0 Å². The van der Waals surface area contributed by atoms with Crippen molar-refractivity contribution in [1.29, 1.82) is 0 Å². The summed E-state index contributed by atoms with van der Waals surface area (Å²) in [6, 6.07) is 14.3. The molecule has 2 amide bonds. The van der Waals surface area contributed by atoms with Gasteiger partial charge in [0, 0.05) is 50.9 Å². The number of urea groups is 1. The number of nitrogens with zero attached hydrogens (tertiary/aromatic N) is 5. The van der Waals surface area contributed by atoms with Gasteiger partial charge >= 0.3 is 6.03 Å². The number of aryl methyl sites for hydroxylation is 2. The van der Waals surface area contributed by atoms with E-state index in [1.807, 2.05) is 42.2 Å². The van der Waals surface area contributed by atoms with Crippen molar-refractivity contribution < 1.29 is 9.32 Å². The second-order valence-corrected chi connectivity index (χ2v) is 7.57. The first kappa shape index (κ1) is 20.8. The van der Waals surface area contributed by atoms with E-state index in [-0.39, 0.29) is 6.03 Å². The molecular weight excluding hydrogens is 392 g/mol. The Morgan fingerprint density at radius 3 is 2.58 bits per heavy atom. The number of benzene rings is 1. The fourth-order valence-corrected chi connectivity index (χ4v) is 3.60. The predicted octanol–water partition coefficient (Wildman–Crippen LogP) is 3.16. The fraction of sp³-hybridized carbons (Fsp3) is 0.391. The quantitative estimate of drug-likeness (QED) is 0.591. The molecule has 31 heavy (non-hydrogen) atoms. The Hall–Kier alpha value is -3.42. The standard InChI is InChI=1S/C23H28N6O2/c1-2-21-26-22(27-31-21)19-10-11-20(25-17-19)28-13-15-29(16-14-28)23(30)24-12-6-9-18-7-4-3-5-8-18/h3-5,7-8,10-11,17H,2,6,9,12-16H2,1H3,(H,24,30). The third-order valence-corrected chi connectivity index (χ3v) is 5.43. The highest BCUT2D eigenvalue weighted by Gasteiger charge is 2.21. The molecule has 0 radical (unpaired) electrons. The minimum atomic E-state index is 0.0138. The summed E-state index contributed by atoms with van der Waals surface area (Å²) in [4.78, 5) is 25.4. The molecule has 3 heterocycles. The van der Waals surface area contributed by atoms with Crippen LogP contribution in [0.3, 0.4) is 0 Å². The topological polar surface area (TPSA) is 87.4 Å². The summed E-state index contributed by atoms with van der Waals surface area (Å²) in [6.07, 6.45) is 4.39. The van der Waals surface area contributed by atoms with Crippen molar-refractivity contribution in [3.05, 3.63) is 60.1 Å². The van der Waals surface area contributed by atoms with Crippen LogP contribution >= 0.6 is 0 Å². The lowest BCUT2D eigenvalue weighted by Crippen LogP contribution is -2.52. The number of piperazine rings is 1. The molecule has 0 aliphatic carbocycles. The highest BCUT2D eigenvalue weighted by Crippen LogP contribution is 2.19. The number of carbonyl (C=O) groups excluding carboxylic acids is 1. The maximum atomic E-state index is 12.4.